The van der Waals surface area contributed by atoms with Crippen molar-refractivity contribution in [1.82, 2.24) is 24.7 Å². The van der Waals surface area contributed by atoms with Crippen molar-refractivity contribution < 1.29 is 9.18 Å². The van der Waals surface area contributed by atoms with Gasteiger partial charge in [0.2, 0.25) is 5.91 Å². The molecule has 0 aliphatic carbocycles. The molecular formula is C20H17FN6OS2. The van der Waals surface area contributed by atoms with E-state index in [9.17, 15) is 9.18 Å². The molecule has 4 rings (SSSR count). The molecule has 0 saturated heterocycles. The van der Waals surface area contributed by atoms with E-state index in [0.717, 1.165) is 16.1 Å². The predicted molar refractivity (Wildman–Crippen MR) is 115 cm³/mol. The number of hydrogen-bond acceptors (Lipinski definition) is 7. The molecular weight excluding hydrogens is 423 g/mol. The molecule has 0 atom stereocenters. The number of nitrogens with zero attached hydrogens (tertiary/aromatic N) is 5. The summed E-state index contributed by atoms with van der Waals surface area (Å²) in [6, 6.07) is 9.70. The Kier molecular flexibility index (Phi) is 5.86. The highest BCUT2D eigenvalue weighted by Gasteiger charge is 2.18. The maximum absolute atomic E-state index is 13.4. The quantitative estimate of drug-likeness (QED) is 0.451. The van der Waals surface area contributed by atoms with E-state index in [0.29, 0.717) is 21.8 Å². The molecule has 10 heteroatoms. The number of thiazole rings is 1. The van der Waals surface area contributed by atoms with Crippen LogP contribution >= 0.6 is 23.1 Å². The molecule has 1 N–H and O–H groups in total. The van der Waals surface area contributed by atoms with Crippen LogP contribution in [0.3, 0.4) is 0 Å². The van der Waals surface area contributed by atoms with Crippen LogP contribution < -0.4 is 5.32 Å². The van der Waals surface area contributed by atoms with Gasteiger partial charge in [-0.2, -0.15) is 0 Å². The van der Waals surface area contributed by atoms with Crippen LogP contribution in [0.1, 0.15) is 10.6 Å². The minimum Gasteiger partial charge on any atom is -0.301 e. The van der Waals surface area contributed by atoms with Gasteiger partial charge in [0.15, 0.2) is 16.1 Å². The molecule has 0 unspecified atom stereocenters. The van der Waals surface area contributed by atoms with Crippen LogP contribution in [0.5, 0.6) is 0 Å². The average molecular weight is 441 g/mol. The molecule has 0 spiro atoms. The first kappa shape index (κ1) is 20.2. The molecule has 0 radical (unpaired) electrons. The fourth-order valence-corrected chi connectivity index (χ4v) is 4.26. The number of anilines is 1. The van der Waals surface area contributed by atoms with E-state index in [1.807, 2.05) is 19.9 Å². The lowest BCUT2D eigenvalue weighted by Gasteiger charge is -2.10. The van der Waals surface area contributed by atoms with Crippen molar-refractivity contribution in [1.29, 1.82) is 0 Å². The molecule has 1 aromatic carbocycles. The number of aryl methyl sites for hydroxylation is 2. The highest BCUT2D eigenvalue weighted by Crippen LogP contribution is 2.28. The number of carbonyl (C=O) groups is 1. The summed E-state index contributed by atoms with van der Waals surface area (Å²) in [5.74, 6) is 0.163. The van der Waals surface area contributed by atoms with E-state index < -0.39 is 0 Å². The molecule has 0 aliphatic heterocycles. The number of benzene rings is 1. The van der Waals surface area contributed by atoms with Crippen molar-refractivity contribution in [2.24, 2.45) is 0 Å². The van der Waals surface area contributed by atoms with Crippen LogP contribution in [0.15, 0.2) is 53.9 Å². The second kappa shape index (κ2) is 8.72. The first-order chi connectivity index (χ1) is 14.5. The third-order valence-corrected chi connectivity index (χ3v) is 6.16. The fourth-order valence-electron chi connectivity index (χ4n) is 2.68. The zero-order valence-corrected chi connectivity index (χ0v) is 17.8. The van der Waals surface area contributed by atoms with Crippen molar-refractivity contribution in [3.8, 4) is 17.1 Å². The van der Waals surface area contributed by atoms with Crippen LogP contribution in [0, 0.1) is 19.7 Å². The molecule has 0 bridgehead atoms. The Hall–Kier alpha value is -3.11. The van der Waals surface area contributed by atoms with Crippen LogP contribution in [0.25, 0.3) is 17.1 Å². The summed E-state index contributed by atoms with van der Waals surface area (Å²) >= 11 is 2.68. The Morgan fingerprint density at radius 2 is 2.00 bits per heavy atom. The van der Waals surface area contributed by atoms with Gasteiger partial charge in [0, 0.05) is 28.5 Å². The summed E-state index contributed by atoms with van der Waals surface area (Å²) in [4.78, 5) is 21.9. The van der Waals surface area contributed by atoms with E-state index >= 15 is 0 Å². The fraction of sp³-hybridized carbons (Fsp3) is 0.150. The molecule has 0 aliphatic rings. The molecule has 152 valence electrons. The van der Waals surface area contributed by atoms with Crippen LogP contribution in [0.2, 0.25) is 0 Å². The molecule has 0 saturated carbocycles. The van der Waals surface area contributed by atoms with Gasteiger partial charge in [-0.1, -0.05) is 11.8 Å². The van der Waals surface area contributed by atoms with Gasteiger partial charge in [0.25, 0.3) is 0 Å². The summed E-state index contributed by atoms with van der Waals surface area (Å²) in [5, 5.41) is 12.4. The van der Waals surface area contributed by atoms with Crippen molar-refractivity contribution in [2.45, 2.75) is 19.0 Å². The number of aromatic nitrogens is 5. The Morgan fingerprint density at radius 1 is 1.20 bits per heavy atom. The third kappa shape index (κ3) is 4.39. The van der Waals surface area contributed by atoms with E-state index in [-0.39, 0.29) is 17.5 Å². The monoisotopic (exact) mass is 440 g/mol. The highest BCUT2D eigenvalue weighted by atomic mass is 32.2. The molecule has 7 nitrogen and oxygen atoms in total. The van der Waals surface area contributed by atoms with Gasteiger partial charge in [-0.3, -0.25) is 14.3 Å². The minimum absolute atomic E-state index is 0.129. The molecule has 4 aromatic rings. The van der Waals surface area contributed by atoms with Crippen molar-refractivity contribution >= 4 is 34.1 Å². The lowest BCUT2D eigenvalue weighted by atomic mass is 10.2. The minimum atomic E-state index is -0.336. The standard InChI is InChI=1S/C20H17FN6OS2/c1-12-13(2)30-19(23-12)24-17(28)11-29-20-26-25-18(14-4-3-9-22-10-14)27(20)16-7-5-15(21)6-8-16/h3-10H,11H2,1-2H3,(H,23,24,28). The maximum Gasteiger partial charge on any atom is 0.236 e. The summed E-state index contributed by atoms with van der Waals surface area (Å²) < 4.78 is 15.2. The molecule has 3 heterocycles. The van der Waals surface area contributed by atoms with Gasteiger partial charge in [-0.15, -0.1) is 21.5 Å². The zero-order chi connectivity index (χ0) is 21.1. The number of rotatable bonds is 6. The largest absolute Gasteiger partial charge is 0.301 e. The van der Waals surface area contributed by atoms with E-state index in [1.165, 1.54) is 35.2 Å². The van der Waals surface area contributed by atoms with Gasteiger partial charge in [-0.05, 0) is 50.2 Å². The van der Waals surface area contributed by atoms with Gasteiger partial charge >= 0.3 is 0 Å². The molecule has 3 aromatic heterocycles. The highest BCUT2D eigenvalue weighted by molar-refractivity contribution is 7.99. The summed E-state index contributed by atoms with van der Waals surface area (Å²) in [6.07, 6.45) is 3.35. The summed E-state index contributed by atoms with van der Waals surface area (Å²) in [5.41, 5.74) is 2.36. The number of pyridine rings is 1. The Labute approximate surface area is 180 Å². The molecule has 1 amide bonds. The Balaban J connectivity index is 1.59. The number of halogens is 1. The van der Waals surface area contributed by atoms with Gasteiger partial charge < -0.3 is 5.32 Å². The summed E-state index contributed by atoms with van der Waals surface area (Å²) in [7, 11) is 0. The first-order valence-electron chi connectivity index (χ1n) is 8.99. The summed E-state index contributed by atoms with van der Waals surface area (Å²) in [6.45, 7) is 3.86. The Morgan fingerprint density at radius 3 is 2.67 bits per heavy atom. The number of thioether (sulfide) groups is 1. The SMILES string of the molecule is Cc1nc(NC(=O)CSc2nnc(-c3cccnc3)n2-c2ccc(F)cc2)sc1C. The lowest BCUT2D eigenvalue weighted by Crippen LogP contribution is -2.14. The average Bonchev–Trinajstić information content (AvgIpc) is 3.30. The second-order valence-electron chi connectivity index (χ2n) is 6.36. The van der Waals surface area contributed by atoms with Gasteiger partial charge in [0.05, 0.1) is 11.4 Å². The van der Waals surface area contributed by atoms with E-state index in [1.54, 1.807) is 35.2 Å². The molecule has 30 heavy (non-hydrogen) atoms. The zero-order valence-electron chi connectivity index (χ0n) is 16.2. The number of nitrogens with one attached hydrogen (secondary N) is 1. The molecule has 0 fully saturated rings. The lowest BCUT2D eigenvalue weighted by molar-refractivity contribution is -0.113. The number of amides is 1. The Bertz CT molecular complexity index is 1150. The van der Waals surface area contributed by atoms with Crippen molar-refractivity contribution in [3.63, 3.8) is 0 Å². The predicted octanol–water partition coefficient (Wildman–Crippen LogP) is 4.27. The van der Waals surface area contributed by atoms with Crippen LogP contribution in [-0.4, -0.2) is 36.4 Å². The maximum atomic E-state index is 13.4. The van der Waals surface area contributed by atoms with Crippen molar-refractivity contribution in [3.05, 3.63) is 65.2 Å². The topological polar surface area (TPSA) is 85.6 Å². The number of carbonyl (C=O) groups excluding carboxylic acids is 1. The smallest absolute Gasteiger partial charge is 0.236 e. The second-order valence-corrected chi connectivity index (χ2v) is 8.50. The number of hydrogen-bond donors (Lipinski definition) is 1. The van der Waals surface area contributed by atoms with Gasteiger partial charge in [-0.25, -0.2) is 9.37 Å². The first-order valence-corrected chi connectivity index (χ1v) is 10.8. The van der Waals surface area contributed by atoms with E-state index in [2.05, 4.69) is 25.5 Å². The van der Waals surface area contributed by atoms with Crippen LogP contribution in [0.4, 0.5) is 9.52 Å². The van der Waals surface area contributed by atoms with Crippen LogP contribution in [-0.2, 0) is 4.79 Å². The van der Waals surface area contributed by atoms with E-state index in [4.69, 9.17) is 0 Å². The van der Waals surface area contributed by atoms with Gasteiger partial charge in [0.1, 0.15) is 5.82 Å². The van der Waals surface area contributed by atoms with Crippen molar-refractivity contribution in [2.75, 3.05) is 11.1 Å². The third-order valence-electron chi connectivity index (χ3n) is 4.25. The normalized spacial score (nSPS) is 10.9.